The first-order valence-electron chi connectivity index (χ1n) is 9.65. The van der Waals surface area contributed by atoms with E-state index in [4.69, 9.17) is 4.74 Å². The summed E-state index contributed by atoms with van der Waals surface area (Å²) >= 11 is 1.43. The molecule has 1 amide bonds. The van der Waals surface area contributed by atoms with Gasteiger partial charge in [-0.05, 0) is 60.0 Å². The summed E-state index contributed by atoms with van der Waals surface area (Å²) in [6.07, 6.45) is 2.81. The number of amidine groups is 1. The highest BCUT2D eigenvalue weighted by molar-refractivity contribution is 8.18. The summed E-state index contributed by atoms with van der Waals surface area (Å²) in [6, 6.07) is 17.6. The quantitative estimate of drug-likeness (QED) is 0.563. The number of hydrogen-bond donors (Lipinski definition) is 0. The molecule has 0 atom stereocenters. The van der Waals surface area contributed by atoms with E-state index < -0.39 is 0 Å². The summed E-state index contributed by atoms with van der Waals surface area (Å²) in [5.74, 6) is 1.35. The minimum absolute atomic E-state index is 0.0154. The van der Waals surface area contributed by atoms with Gasteiger partial charge in [-0.15, -0.1) is 0 Å². The van der Waals surface area contributed by atoms with Gasteiger partial charge in [-0.2, -0.15) is 0 Å². The van der Waals surface area contributed by atoms with E-state index >= 15 is 0 Å². The lowest BCUT2D eigenvalue weighted by Gasteiger charge is -2.13. The van der Waals surface area contributed by atoms with Crippen molar-refractivity contribution >= 4 is 34.6 Å². The van der Waals surface area contributed by atoms with Crippen LogP contribution in [0.4, 0.5) is 5.69 Å². The number of ether oxygens (including phenoxy) is 1. The van der Waals surface area contributed by atoms with Gasteiger partial charge in [0.1, 0.15) is 5.75 Å². The van der Waals surface area contributed by atoms with Crippen LogP contribution in [0.15, 0.2) is 64.5 Å². The minimum atomic E-state index is 0.0154. The van der Waals surface area contributed by atoms with E-state index in [0.717, 1.165) is 28.6 Å². The first-order valence-corrected chi connectivity index (χ1v) is 10.5. The van der Waals surface area contributed by atoms with Crippen molar-refractivity contribution in [3.05, 3.63) is 65.1 Å². The first-order chi connectivity index (χ1) is 13.6. The molecule has 0 N–H and O–H groups in total. The molecule has 0 radical (unpaired) electrons. The maximum absolute atomic E-state index is 12.9. The molecule has 2 aromatic carbocycles. The van der Waals surface area contributed by atoms with Gasteiger partial charge in [-0.3, -0.25) is 9.69 Å². The predicted molar refractivity (Wildman–Crippen MR) is 118 cm³/mol. The Bertz CT molecular complexity index is 858. The topological polar surface area (TPSA) is 41.9 Å². The second-order valence-corrected chi connectivity index (χ2v) is 8.08. The second-order valence-electron chi connectivity index (χ2n) is 7.07. The van der Waals surface area contributed by atoms with Gasteiger partial charge in [0.05, 0.1) is 17.2 Å². The van der Waals surface area contributed by atoms with Crippen molar-refractivity contribution < 1.29 is 9.53 Å². The zero-order valence-corrected chi connectivity index (χ0v) is 17.4. The Labute approximate surface area is 171 Å². The van der Waals surface area contributed by atoms with Crippen molar-refractivity contribution in [2.24, 2.45) is 10.9 Å². The molecule has 1 saturated heterocycles. The largest absolute Gasteiger partial charge is 0.493 e. The number of hydrogen-bond acceptors (Lipinski definition) is 4. The van der Waals surface area contributed by atoms with E-state index in [0.29, 0.717) is 24.0 Å². The Hall–Kier alpha value is -2.53. The van der Waals surface area contributed by atoms with Crippen LogP contribution in [0.25, 0.3) is 6.08 Å². The number of nitrogens with zero attached hydrogens (tertiary/aromatic N) is 2. The van der Waals surface area contributed by atoms with Crippen molar-refractivity contribution in [1.82, 2.24) is 4.90 Å². The molecule has 0 unspecified atom stereocenters. The predicted octanol–water partition coefficient (Wildman–Crippen LogP) is 5.74. The van der Waals surface area contributed by atoms with Crippen molar-refractivity contribution in [3.63, 3.8) is 0 Å². The molecule has 0 saturated carbocycles. The Kier molecular flexibility index (Phi) is 6.93. The van der Waals surface area contributed by atoms with Crippen LogP contribution in [0.3, 0.4) is 0 Å². The lowest BCUT2D eigenvalue weighted by atomic mass is 10.2. The van der Waals surface area contributed by atoms with Crippen LogP contribution in [0.5, 0.6) is 5.75 Å². The zero-order chi connectivity index (χ0) is 19.9. The molecule has 0 aromatic heterocycles. The van der Waals surface area contributed by atoms with Gasteiger partial charge < -0.3 is 4.74 Å². The summed E-state index contributed by atoms with van der Waals surface area (Å²) in [5.41, 5.74) is 1.83. The molecule has 4 nitrogen and oxygen atoms in total. The van der Waals surface area contributed by atoms with Crippen LogP contribution in [-0.2, 0) is 4.79 Å². The molecular formula is C23H26N2O2S. The van der Waals surface area contributed by atoms with Crippen LogP contribution in [0, 0.1) is 5.92 Å². The number of aliphatic imine (C=N–C) groups is 1. The highest BCUT2D eigenvalue weighted by Crippen LogP contribution is 2.34. The maximum Gasteiger partial charge on any atom is 0.266 e. The number of benzene rings is 2. The molecule has 0 bridgehead atoms. The molecule has 2 aromatic rings. The SMILES string of the molecule is CCCN1C(=O)/C(=C\c2ccc(OCC(C)C)cc2)SC1=Nc1ccccc1. The van der Waals surface area contributed by atoms with Crippen molar-refractivity contribution in [3.8, 4) is 5.75 Å². The average Bonchev–Trinajstić information content (AvgIpc) is 2.97. The van der Waals surface area contributed by atoms with Gasteiger partial charge in [0.25, 0.3) is 5.91 Å². The number of carbonyl (C=O) groups excluding carboxylic acids is 1. The van der Waals surface area contributed by atoms with Crippen LogP contribution < -0.4 is 4.74 Å². The summed E-state index contributed by atoms with van der Waals surface area (Å²) in [5, 5.41) is 0.737. The van der Waals surface area contributed by atoms with Gasteiger partial charge in [0.15, 0.2) is 5.17 Å². The van der Waals surface area contributed by atoms with Crippen LogP contribution in [0.2, 0.25) is 0 Å². The van der Waals surface area contributed by atoms with Gasteiger partial charge >= 0.3 is 0 Å². The third kappa shape index (κ3) is 5.26. The van der Waals surface area contributed by atoms with Crippen molar-refractivity contribution in [2.75, 3.05) is 13.2 Å². The van der Waals surface area contributed by atoms with Gasteiger partial charge in [-0.25, -0.2) is 4.99 Å². The molecule has 1 aliphatic rings. The Morgan fingerprint density at radius 3 is 2.46 bits per heavy atom. The molecule has 5 heteroatoms. The van der Waals surface area contributed by atoms with E-state index in [1.807, 2.05) is 60.7 Å². The van der Waals surface area contributed by atoms with E-state index in [1.54, 1.807) is 4.90 Å². The molecule has 1 heterocycles. The Morgan fingerprint density at radius 2 is 1.82 bits per heavy atom. The zero-order valence-electron chi connectivity index (χ0n) is 16.6. The minimum Gasteiger partial charge on any atom is -0.493 e. The lowest BCUT2D eigenvalue weighted by Crippen LogP contribution is -2.29. The smallest absolute Gasteiger partial charge is 0.266 e. The summed E-state index contributed by atoms with van der Waals surface area (Å²) in [4.78, 5) is 20.0. The molecule has 0 spiro atoms. The van der Waals surface area contributed by atoms with Gasteiger partial charge in [0.2, 0.25) is 0 Å². The van der Waals surface area contributed by atoms with Crippen LogP contribution >= 0.6 is 11.8 Å². The summed E-state index contributed by atoms with van der Waals surface area (Å²) in [7, 11) is 0. The number of rotatable bonds is 7. The van der Waals surface area contributed by atoms with Gasteiger partial charge in [0, 0.05) is 6.54 Å². The first kappa shape index (κ1) is 20.2. The van der Waals surface area contributed by atoms with E-state index in [1.165, 1.54) is 11.8 Å². The highest BCUT2D eigenvalue weighted by atomic mass is 32.2. The fourth-order valence-electron chi connectivity index (χ4n) is 2.70. The fraction of sp³-hybridized carbons (Fsp3) is 0.304. The summed E-state index contributed by atoms with van der Waals surface area (Å²) < 4.78 is 5.73. The molecule has 1 fully saturated rings. The van der Waals surface area contributed by atoms with E-state index in [2.05, 4.69) is 25.8 Å². The molecular weight excluding hydrogens is 368 g/mol. The number of amides is 1. The summed E-state index contributed by atoms with van der Waals surface area (Å²) in [6.45, 7) is 7.67. The molecule has 3 rings (SSSR count). The number of thioether (sulfide) groups is 1. The van der Waals surface area contributed by atoms with E-state index in [-0.39, 0.29) is 5.91 Å². The molecule has 1 aliphatic heterocycles. The number of para-hydroxylation sites is 1. The van der Waals surface area contributed by atoms with E-state index in [9.17, 15) is 4.79 Å². The van der Waals surface area contributed by atoms with Crippen molar-refractivity contribution in [1.29, 1.82) is 0 Å². The van der Waals surface area contributed by atoms with Gasteiger partial charge in [-0.1, -0.05) is 51.1 Å². The standard InChI is InChI=1S/C23H26N2O2S/c1-4-14-25-22(26)21(28-23(25)24-19-8-6-5-7-9-19)15-18-10-12-20(13-11-18)27-16-17(2)3/h5-13,15,17H,4,14,16H2,1-3H3/b21-15+,24-23?. The Morgan fingerprint density at radius 1 is 1.11 bits per heavy atom. The Balaban J connectivity index is 1.80. The third-order valence-electron chi connectivity index (χ3n) is 4.08. The number of carbonyl (C=O) groups is 1. The normalized spacial score (nSPS) is 17.1. The monoisotopic (exact) mass is 394 g/mol. The average molecular weight is 395 g/mol. The van der Waals surface area contributed by atoms with Crippen LogP contribution in [0.1, 0.15) is 32.8 Å². The second kappa shape index (κ2) is 9.60. The molecule has 0 aliphatic carbocycles. The third-order valence-corrected chi connectivity index (χ3v) is 5.08. The fourth-order valence-corrected chi connectivity index (χ4v) is 3.72. The molecule has 146 valence electrons. The molecule has 28 heavy (non-hydrogen) atoms. The maximum atomic E-state index is 12.9. The highest BCUT2D eigenvalue weighted by Gasteiger charge is 2.32. The lowest BCUT2D eigenvalue weighted by molar-refractivity contribution is -0.122. The van der Waals surface area contributed by atoms with Crippen LogP contribution in [-0.4, -0.2) is 29.1 Å². The van der Waals surface area contributed by atoms with Crippen molar-refractivity contribution in [2.45, 2.75) is 27.2 Å².